The first-order chi connectivity index (χ1) is 6.54. The Hall–Kier alpha value is -1.11. The lowest BCUT2D eigenvalue weighted by Gasteiger charge is -2.16. The topological polar surface area (TPSA) is 17.1 Å². The molecule has 1 rings (SSSR count). The standard InChI is InChI=1S/C13H18O/c1-6-12-10(4)8(2)9(3)11(5)13(12)7-14/h7H,6H2,1-5H3. The summed E-state index contributed by atoms with van der Waals surface area (Å²) in [5.41, 5.74) is 7.10. The van der Waals surface area contributed by atoms with Gasteiger partial charge in [0.05, 0.1) is 0 Å². The summed E-state index contributed by atoms with van der Waals surface area (Å²) in [5, 5.41) is 0. The highest BCUT2D eigenvalue weighted by Crippen LogP contribution is 2.25. The number of rotatable bonds is 2. The molecule has 1 heteroatoms. The highest BCUT2D eigenvalue weighted by Gasteiger charge is 2.12. The Bertz CT molecular complexity index is 376. The van der Waals surface area contributed by atoms with Crippen molar-refractivity contribution in [3.05, 3.63) is 33.4 Å². The minimum atomic E-state index is 0.896. The highest BCUT2D eigenvalue weighted by molar-refractivity contribution is 5.81. The van der Waals surface area contributed by atoms with Crippen molar-refractivity contribution in [2.75, 3.05) is 0 Å². The van der Waals surface area contributed by atoms with E-state index in [9.17, 15) is 4.79 Å². The zero-order chi connectivity index (χ0) is 10.9. The predicted octanol–water partition coefficient (Wildman–Crippen LogP) is 3.30. The molecule has 0 spiro atoms. The molecule has 0 saturated carbocycles. The lowest BCUT2D eigenvalue weighted by molar-refractivity contribution is 0.112. The van der Waals surface area contributed by atoms with Gasteiger partial charge >= 0.3 is 0 Å². The molecule has 0 aliphatic heterocycles. The van der Waals surface area contributed by atoms with E-state index in [1.54, 1.807) is 0 Å². The van der Waals surface area contributed by atoms with Gasteiger partial charge < -0.3 is 0 Å². The van der Waals surface area contributed by atoms with Crippen molar-refractivity contribution in [2.45, 2.75) is 41.0 Å². The average molecular weight is 190 g/mol. The molecule has 0 N–H and O–H groups in total. The van der Waals surface area contributed by atoms with E-state index in [0.717, 1.165) is 23.8 Å². The second-order valence-electron chi connectivity index (χ2n) is 3.86. The van der Waals surface area contributed by atoms with Crippen LogP contribution < -0.4 is 0 Å². The van der Waals surface area contributed by atoms with Crippen LogP contribution in [0.25, 0.3) is 0 Å². The fourth-order valence-electron chi connectivity index (χ4n) is 2.03. The third-order valence-electron chi connectivity index (χ3n) is 3.34. The normalized spacial score (nSPS) is 10.4. The quantitative estimate of drug-likeness (QED) is 0.654. The smallest absolute Gasteiger partial charge is 0.150 e. The molecule has 0 unspecified atom stereocenters. The highest BCUT2D eigenvalue weighted by atomic mass is 16.1. The van der Waals surface area contributed by atoms with Crippen LogP contribution in [0.4, 0.5) is 0 Å². The number of hydrogen-bond acceptors (Lipinski definition) is 1. The molecule has 14 heavy (non-hydrogen) atoms. The molecule has 76 valence electrons. The average Bonchev–Trinajstić information content (AvgIpc) is 2.20. The van der Waals surface area contributed by atoms with Crippen LogP contribution in [0.15, 0.2) is 0 Å². The van der Waals surface area contributed by atoms with Crippen LogP contribution >= 0.6 is 0 Å². The van der Waals surface area contributed by atoms with Crippen LogP contribution in [0, 0.1) is 27.7 Å². The van der Waals surface area contributed by atoms with Crippen molar-refractivity contribution in [3.8, 4) is 0 Å². The predicted molar refractivity (Wildman–Crippen MR) is 60.2 cm³/mol. The lowest BCUT2D eigenvalue weighted by Crippen LogP contribution is -2.04. The van der Waals surface area contributed by atoms with Gasteiger partial charge in [0, 0.05) is 5.56 Å². The number of carbonyl (C=O) groups excluding carboxylic acids is 1. The van der Waals surface area contributed by atoms with E-state index in [0.29, 0.717) is 0 Å². The molecule has 0 radical (unpaired) electrons. The minimum Gasteiger partial charge on any atom is -0.298 e. The molecule has 1 aromatic carbocycles. The number of benzene rings is 1. The summed E-state index contributed by atoms with van der Waals surface area (Å²) in [5.74, 6) is 0. The van der Waals surface area contributed by atoms with E-state index in [1.807, 2.05) is 6.92 Å². The molecule has 0 bridgehead atoms. The zero-order valence-electron chi connectivity index (χ0n) is 9.69. The van der Waals surface area contributed by atoms with Gasteiger partial charge in [0.25, 0.3) is 0 Å². The first kappa shape index (κ1) is 11.0. The van der Waals surface area contributed by atoms with Crippen molar-refractivity contribution >= 4 is 6.29 Å². The fourth-order valence-corrected chi connectivity index (χ4v) is 2.03. The van der Waals surface area contributed by atoms with Crippen molar-refractivity contribution in [1.29, 1.82) is 0 Å². The third kappa shape index (κ3) is 1.47. The van der Waals surface area contributed by atoms with Gasteiger partial charge in [0.1, 0.15) is 0 Å². The van der Waals surface area contributed by atoms with Crippen LogP contribution in [-0.4, -0.2) is 6.29 Å². The molecule has 0 atom stereocenters. The molecule has 0 heterocycles. The molecular weight excluding hydrogens is 172 g/mol. The van der Waals surface area contributed by atoms with Crippen LogP contribution in [0.2, 0.25) is 0 Å². The van der Waals surface area contributed by atoms with Gasteiger partial charge in [0.2, 0.25) is 0 Å². The lowest BCUT2D eigenvalue weighted by atomic mass is 9.88. The van der Waals surface area contributed by atoms with Crippen LogP contribution in [0.5, 0.6) is 0 Å². The molecule has 1 aromatic rings. The molecule has 0 amide bonds. The first-order valence-corrected chi connectivity index (χ1v) is 5.09. The molecule has 0 saturated heterocycles. The summed E-state index contributed by atoms with van der Waals surface area (Å²) >= 11 is 0. The van der Waals surface area contributed by atoms with Gasteiger partial charge in [-0.2, -0.15) is 0 Å². The molecule has 1 nitrogen and oxygen atoms in total. The van der Waals surface area contributed by atoms with Gasteiger partial charge in [-0.15, -0.1) is 0 Å². The number of aldehydes is 1. The van der Waals surface area contributed by atoms with E-state index in [2.05, 4.69) is 27.7 Å². The maximum atomic E-state index is 11.0. The summed E-state index contributed by atoms with van der Waals surface area (Å²) < 4.78 is 0. The maximum absolute atomic E-state index is 11.0. The minimum absolute atomic E-state index is 0.896. The third-order valence-corrected chi connectivity index (χ3v) is 3.34. The van der Waals surface area contributed by atoms with Gasteiger partial charge in [-0.1, -0.05) is 6.92 Å². The van der Waals surface area contributed by atoms with E-state index in [-0.39, 0.29) is 0 Å². The largest absolute Gasteiger partial charge is 0.298 e. The first-order valence-electron chi connectivity index (χ1n) is 5.09. The van der Waals surface area contributed by atoms with E-state index >= 15 is 0 Å². The molecular formula is C13H18O. The van der Waals surface area contributed by atoms with Crippen LogP contribution in [0.1, 0.15) is 45.1 Å². The Morgan fingerprint density at radius 3 is 1.86 bits per heavy atom. The number of hydrogen-bond donors (Lipinski definition) is 0. The molecule has 0 aliphatic carbocycles. The van der Waals surface area contributed by atoms with Gasteiger partial charge in [-0.05, 0) is 61.9 Å². The molecule has 0 aromatic heterocycles. The summed E-state index contributed by atoms with van der Waals surface area (Å²) in [7, 11) is 0. The van der Waals surface area contributed by atoms with Crippen LogP contribution in [0.3, 0.4) is 0 Å². The van der Waals surface area contributed by atoms with E-state index in [4.69, 9.17) is 0 Å². The Labute approximate surface area is 86.1 Å². The van der Waals surface area contributed by atoms with Crippen molar-refractivity contribution in [3.63, 3.8) is 0 Å². The zero-order valence-corrected chi connectivity index (χ0v) is 9.69. The Kier molecular flexibility index (Phi) is 3.10. The monoisotopic (exact) mass is 190 g/mol. The SMILES string of the molecule is CCc1c(C)c(C)c(C)c(C)c1C=O. The summed E-state index contributed by atoms with van der Waals surface area (Å²) in [6.45, 7) is 10.5. The van der Waals surface area contributed by atoms with Gasteiger partial charge in [-0.3, -0.25) is 4.79 Å². The van der Waals surface area contributed by atoms with E-state index in [1.165, 1.54) is 22.3 Å². The Morgan fingerprint density at radius 2 is 1.43 bits per heavy atom. The van der Waals surface area contributed by atoms with Crippen LogP contribution in [-0.2, 0) is 6.42 Å². The second-order valence-corrected chi connectivity index (χ2v) is 3.86. The van der Waals surface area contributed by atoms with Gasteiger partial charge in [-0.25, -0.2) is 0 Å². The fraction of sp³-hybridized carbons (Fsp3) is 0.462. The number of carbonyl (C=O) groups is 1. The second kappa shape index (κ2) is 3.95. The molecule has 0 aliphatic rings. The van der Waals surface area contributed by atoms with Crippen molar-refractivity contribution < 1.29 is 4.79 Å². The molecule has 0 fully saturated rings. The maximum Gasteiger partial charge on any atom is 0.150 e. The Morgan fingerprint density at radius 1 is 0.929 bits per heavy atom. The van der Waals surface area contributed by atoms with Crippen molar-refractivity contribution in [1.82, 2.24) is 0 Å². The summed E-state index contributed by atoms with van der Waals surface area (Å²) in [6, 6.07) is 0. The van der Waals surface area contributed by atoms with E-state index < -0.39 is 0 Å². The van der Waals surface area contributed by atoms with Gasteiger partial charge in [0.15, 0.2) is 6.29 Å². The van der Waals surface area contributed by atoms with Crippen molar-refractivity contribution in [2.24, 2.45) is 0 Å². The Balaban J connectivity index is 3.65. The summed E-state index contributed by atoms with van der Waals surface area (Å²) in [4.78, 5) is 11.0. The summed E-state index contributed by atoms with van der Waals surface area (Å²) in [6.07, 6.45) is 1.93.